The third kappa shape index (κ3) is 1.93. The Bertz CT molecular complexity index is 698. The number of benzene rings is 1. The molecule has 0 bridgehead atoms. The van der Waals surface area contributed by atoms with Crippen molar-refractivity contribution >= 4 is 28.7 Å². The van der Waals surface area contributed by atoms with Crippen LogP contribution in [0, 0.1) is 5.82 Å². The average molecular weight is 291 g/mol. The molecule has 0 fully saturated rings. The van der Waals surface area contributed by atoms with E-state index in [0.717, 1.165) is 6.07 Å². The molecule has 2 aromatic rings. The lowest BCUT2D eigenvalue weighted by Crippen LogP contribution is -2.36. The van der Waals surface area contributed by atoms with Gasteiger partial charge in [0.05, 0.1) is 11.3 Å². The quantitative estimate of drug-likeness (QED) is 0.853. The largest absolute Gasteiger partial charge is 0.375 e. The number of Topliss-reactive ketones (excluding diaryl/α,β-unsaturated/α-hetero) is 1. The van der Waals surface area contributed by atoms with Gasteiger partial charge in [0.1, 0.15) is 5.82 Å². The summed E-state index contributed by atoms with van der Waals surface area (Å²) >= 11 is 1.23. The van der Waals surface area contributed by atoms with E-state index in [0.29, 0.717) is 10.6 Å². The van der Waals surface area contributed by atoms with Crippen LogP contribution in [0.1, 0.15) is 21.7 Å². The SMILES string of the molecule is O=C(C[C@]1(O)C(=O)Nc2ccc(F)cc21)c1cccs1. The fraction of sp³-hybridized carbons (Fsp3) is 0.143. The van der Waals surface area contributed by atoms with Crippen LogP contribution in [0.5, 0.6) is 0 Å². The Kier molecular flexibility index (Phi) is 2.92. The van der Waals surface area contributed by atoms with Crippen molar-refractivity contribution in [1.29, 1.82) is 0 Å². The summed E-state index contributed by atoms with van der Waals surface area (Å²) in [6, 6.07) is 6.97. The molecule has 0 spiro atoms. The number of ketones is 1. The van der Waals surface area contributed by atoms with Crippen LogP contribution in [0.4, 0.5) is 10.1 Å². The molecule has 6 heteroatoms. The number of amides is 1. The third-order valence-electron chi connectivity index (χ3n) is 3.26. The van der Waals surface area contributed by atoms with Crippen molar-refractivity contribution in [3.63, 3.8) is 0 Å². The Balaban J connectivity index is 1.98. The zero-order chi connectivity index (χ0) is 14.3. The number of carbonyl (C=O) groups excluding carboxylic acids is 2. The van der Waals surface area contributed by atoms with E-state index in [4.69, 9.17) is 0 Å². The lowest BCUT2D eigenvalue weighted by atomic mass is 9.89. The first-order valence-corrected chi connectivity index (χ1v) is 6.79. The molecule has 0 radical (unpaired) electrons. The number of carbonyl (C=O) groups is 2. The second-order valence-electron chi connectivity index (χ2n) is 4.58. The predicted octanol–water partition coefficient (Wildman–Crippen LogP) is 2.30. The minimum atomic E-state index is -2.02. The van der Waals surface area contributed by atoms with Gasteiger partial charge in [0.25, 0.3) is 5.91 Å². The maximum atomic E-state index is 13.3. The molecule has 2 N–H and O–H groups in total. The van der Waals surface area contributed by atoms with Gasteiger partial charge in [-0.1, -0.05) is 6.07 Å². The standard InChI is InChI=1S/C14H10FNO3S/c15-8-3-4-10-9(6-8)14(19,13(18)16-10)7-11(17)12-2-1-5-20-12/h1-6,19H,7H2,(H,16,18)/t14-/m1/s1. The van der Waals surface area contributed by atoms with Crippen LogP contribution in [0.3, 0.4) is 0 Å². The van der Waals surface area contributed by atoms with E-state index < -0.39 is 23.7 Å². The lowest BCUT2D eigenvalue weighted by Gasteiger charge is -2.19. The summed E-state index contributed by atoms with van der Waals surface area (Å²) < 4.78 is 13.3. The van der Waals surface area contributed by atoms with E-state index in [9.17, 15) is 19.1 Å². The maximum absolute atomic E-state index is 13.3. The van der Waals surface area contributed by atoms with Gasteiger partial charge in [0, 0.05) is 11.3 Å². The fourth-order valence-electron chi connectivity index (χ4n) is 2.25. The lowest BCUT2D eigenvalue weighted by molar-refractivity contribution is -0.133. The molecular weight excluding hydrogens is 281 g/mol. The molecule has 1 atom stereocenters. The predicted molar refractivity (Wildman–Crippen MR) is 72.2 cm³/mol. The molecule has 0 saturated heterocycles. The van der Waals surface area contributed by atoms with Gasteiger partial charge in [-0.05, 0) is 29.6 Å². The smallest absolute Gasteiger partial charge is 0.261 e. The molecule has 1 aromatic heterocycles. The first-order valence-electron chi connectivity index (χ1n) is 5.91. The van der Waals surface area contributed by atoms with E-state index in [1.165, 1.54) is 23.5 Å². The molecule has 1 aliphatic heterocycles. The highest BCUT2D eigenvalue weighted by atomic mass is 32.1. The monoisotopic (exact) mass is 291 g/mol. The Morgan fingerprint density at radius 1 is 1.40 bits per heavy atom. The van der Waals surface area contributed by atoms with E-state index in [1.807, 2.05) is 0 Å². The van der Waals surface area contributed by atoms with E-state index >= 15 is 0 Å². The Hall–Kier alpha value is -2.05. The van der Waals surface area contributed by atoms with E-state index in [1.54, 1.807) is 17.5 Å². The van der Waals surface area contributed by atoms with E-state index in [-0.39, 0.29) is 11.3 Å². The van der Waals surface area contributed by atoms with Crippen molar-refractivity contribution in [1.82, 2.24) is 0 Å². The summed E-state index contributed by atoms with van der Waals surface area (Å²) in [5, 5.41) is 14.7. The second kappa shape index (κ2) is 4.50. The summed E-state index contributed by atoms with van der Waals surface area (Å²) in [4.78, 5) is 24.5. The second-order valence-corrected chi connectivity index (χ2v) is 5.53. The number of rotatable bonds is 3. The van der Waals surface area contributed by atoms with E-state index in [2.05, 4.69) is 5.32 Å². The Morgan fingerprint density at radius 3 is 2.90 bits per heavy atom. The molecule has 0 unspecified atom stereocenters. The molecule has 1 amide bonds. The highest BCUT2D eigenvalue weighted by Crippen LogP contribution is 2.39. The summed E-state index contributed by atoms with van der Waals surface area (Å²) in [5.74, 6) is -1.62. The summed E-state index contributed by atoms with van der Waals surface area (Å²) in [6.45, 7) is 0. The highest BCUT2D eigenvalue weighted by Gasteiger charge is 2.47. The summed E-state index contributed by atoms with van der Waals surface area (Å²) in [5.41, 5.74) is -1.58. The Morgan fingerprint density at radius 2 is 2.20 bits per heavy atom. The number of hydrogen-bond donors (Lipinski definition) is 2. The summed E-state index contributed by atoms with van der Waals surface area (Å²) in [7, 11) is 0. The van der Waals surface area contributed by atoms with Crippen LogP contribution in [0.25, 0.3) is 0 Å². The van der Waals surface area contributed by atoms with Gasteiger partial charge in [-0.25, -0.2) is 4.39 Å². The number of nitrogens with one attached hydrogen (secondary N) is 1. The minimum Gasteiger partial charge on any atom is -0.375 e. The summed E-state index contributed by atoms with van der Waals surface area (Å²) in [6.07, 6.45) is -0.407. The molecule has 4 nitrogen and oxygen atoms in total. The van der Waals surface area contributed by atoms with Crippen molar-refractivity contribution in [3.05, 3.63) is 52.0 Å². The average Bonchev–Trinajstić information content (AvgIpc) is 3.00. The van der Waals surface area contributed by atoms with Crippen LogP contribution in [0.2, 0.25) is 0 Å². The van der Waals surface area contributed by atoms with Crippen LogP contribution in [0.15, 0.2) is 35.7 Å². The van der Waals surface area contributed by atoms with Gasteiger partial charge < -0.3 is 10.4 Å². The first kappa shape index (κ1) is 13.0. The number of aliphatic hydroxyl groups is 1. The number of fused-ring (bicyclic) bond motifs is 1. The normalized spacial score (nSPS) is 20.6. The number of thiophene rings is 1. The molecule has 1 aliphatic rings. The fourth-order valence-corrected chi connectivity index (χ4v) is 2.91. The molecule has 3 rings (SSSR count). The minimum absolute atomic E-state index is 0.104. The van der Waals surface area contributed by atoms with Crippen LogP contribution >= 0.6 is 11.3 Å². The Labute approximate surface area is 117 Å². The molecule has 2 heterocycles. The van der Waals surface area contributed by atoms with Crippen LogP contribution < -0.4 is 5.32 Å². The maximum Gasteiger partial charge on any atom is 0.261 e. The molecule has 102 valence electrons. The molecular formula is C14H10FNO3S. The first-order chi connectivity index (χ1) is 9.50. The third-order valence-corrected chi connectivity index (χ3v) is 4.17. The molecule has 20 heavy (non-hydrogen) atoms. The van der Waals surface area contributed by atoms with Gasteiger partial charge >= 0.3 is 0 Å². The van der Waals surface area contributed by atoms with Crippen molar-refractivity contribution in [2.45, 2.75) is 12.0 Å². The van der Waals surface area contributed by atoms with Gasteiger partial charge in [-0.15, -0.1) is 11.3 Å². The van der Waals surface area contributed by atoms with Crippen LogP contribution in [-0.4, -0.2) is 16.8 Å². The van der Waals surface area contributed by atoms with Crippen molar-refractivity contribution < 1.29 is 19.1 Å². The molecule has 0 saturated carbocycles. The zero-order valence-corrected chi connectivity index (χ0v) is 11.0. The number of halogens is 1. The van der Waals surface area contributed by atoms with Crippen molar-refractivity contribution in [3.8, 4) is 0 Å². The van der Waals surface area contributed by atoms with Gasteiger partial charge in [0.15, 0.2) is 11.4 Å². The topological polar surface area (TPSA) is 66.4 Å². The molecule has 0 aliphatic carbocycles. The zero-order valence-electron chi connectivity index (χ0n) is 10.2. The van der Waals surface area contributed by atoms with Gasteiger partial charge in [0.2, 0.25) is 0 Å². The van der Waals surface area contributed by atoms with Crippen molar-refractivity contribution in [2.75, 3.05) is 5.32 Å². The highest BCUT2D eigenvalue weighted by molar-refractivity contribution is 7.12. The van der Waals surface area contributed by atoms with Crippen molar-refractivity contribution in [2.24, 2.45) is 0 Å². The van der Waals surface area contributed by atoms with Gasteiger partial charge in [-0.2, -0.15) is 0 Å². The number of hydrogen-bond acceptors (Lipinski definition) is 4. The molecule has 1 aromatic carbocycles. The number of anilines is 1. The van der Waals surface area contributed by atoms with Crippen LogP contribution in [-0.2, 0) is 10.4 Å². The van der Waals surface area contributed by atoms with Gasteiger partial charge in [-0.3, -0.25) is 9.59 Å².